The smallest absolute Gasteiger partial charge is 0.255 e. The molecule has 1 saturated heterocycles. The third kappa shape index (κ3) is 2.24. The van der Waals surface area contributed by atoms with Crippen LogP contribution in [0.25, 0.3) is 0 Å². The van der Waals surface area contributed by atoms with Gasteiger partial charge in [-0.3, -0.25) is 4.79 Å². The van der Waals surface area contributed by atoms with Crippen molar-refractivity contribution in [3.63, 3.8) is 0 Å². The zero-order valence-corrected chi connectivity index (χ0v) is 11.3. The van der Waals surface area contributed by atoms with E-state index in [1.807, 2.05) is 31.9 Å². The van der Waals surface area contributed by atoms with E-state index in [0.717, 1.165) is 36.5 Å². The molecule has 17 heavy (non-hydrogen) atoms. The number of piperidine rings is 1. The van der Waals surface area contributed by atoms with E-state index in [9.17, 15) is 4.79 Å². The van der Waals surface area contributed by atoms with Gasteiger partial charge in [-0.15, -0.1) is 0 Å². The van der Waals surface area contributed by atoms with Crippen molar-refractivity contribution >= 4 is 5.91 Å². The van der Waals surface area contributed by atoms with Crippen LogP contribution >= 0.6 is 0 Å². The Morgan fingerprint density at radius 2 is 2.12 bits per heavy atom. The average Bonchev–Trinajstić information content (AvgIpc) is 2.56. The van der Waals surface area contributed by atoms with Gasteiger partial charge in [0.2, 0.25) is 0 Å². The van der Waals surface area contributed by atoms with E-state index in [0.29, 0.717) is 5.92 Å². The van der Waals surface area contributed by atoms with E-state index in [2.05, 4.69) is 11.5 Å². The first-order chi connectivity index (χ1) is 8.00. The van der Waals surface area contributed by atoms with Crippen molar-refractivity contribution in [2.24, 2.45) is 13.0 Å². The Kier molecular flexibility index (Phi) is 3.27. The van der Waals surface area contributed by atoms with Gasteiger partial charge >= 0.3 is 0 Å². The quantitative estimate of drug-likeness (QED) is 0.733. The van der Waals surface area contributed by atoms with Crippen LogP contribution in [0.1, 0.15) is 41.5 Å². The highest BCUT2D eigenvalue weighted by atomic mass is 16.2. The molecule has 0 radical (unpaired) electrons. The van der Waals surface area contributed by atoms with Crippen LogP contribution in [0.2, 0.25) is 0 Å². The van der Waals surface area contributed by atoms with Gasteiger partial charge in [0.25, 0.3) is 5.91 Å². The summed E-state index contributed by atoms with van der Waals surface area (Å²) in [5, 5.41) is 0. The predicted molar refractivity (Wildman–Crippen MR) is 69.2 cm³/mol. The first-order valence-electron chi connectivity index (χ1n) is 6.43. The third-order valence-electron chi connectivity index (χ3n) is 3.95. The van der Waals surface area contributed by atoms with Gasteiger partial charge in [0.05, 0.1) is 5.56 Å². The molecule has 2 rings (SSSR count). The van der Waals surface area contributed by atoms with E-state index in [1.54, 1.807) is 0 Å². The molecule has 1 amide bonds. The van der Waals surface area contributed by atoms with Crippen molar-refractivity contribution in [3.05, 3.63) is 23.0 Å². The largest absolute Gasteiger partial charge is 0.351 e. The maximum Gasteiger partial charge on any atom is 0.255 e. The van der Waals surface area contributed by atoms with Gasteiger partial charge < -0.3 is 9.47 Å². The van der Waals surface area contributed by atoms with Crippen LogP contribution < -0.4 is 0 Å². The molecule has 0 bridgehead atoms. The van der Waals surface area contributed by atoms with Gasteiger partial charge in [0.15, 0.2) is 0 Å². The molecule has 0 aliphatic carbocycles. The molecule has 2 heterocycles. The molecule has 94 valence electrons. The Balaban J connectivity index is 2.21. The molecule has 1 aromatic heterocycles. The van der Waals surface area contributed by atoms with Crippen LogP contribution in [0, 0.1) is 19.8 Å². The lowest BCUT2D eigenvalue weighted by atomic mass is 9.99. The SMILES string of the molecule is Cc1cc(C(=O)N2CCCC(C)C2)c(C)n1C. The first kappa shape index (κ1) is 12.2. The molecule has 3 nitrogen and oxygen atoms in total. The summed E-state index contributed by atoms with van der Waals surface area (Å²) < 4.78 is 2.08. The zero-order valence-electron chi connectivity index (χ0n) is 11.3. The molecule has 1 aromatic rings. The number of carbonyl (C=O) groups is 1. The summed E-state index contributed by atoms with van der Waals surface area (Å²) in [4.78, 5) is 14.5. The Morgan fingerprint density at radius 3 is 2.65 bits per heavy atom. The number of aromatic nitrogens is 1. The summed E-state index contributed by atoms with van der Waals surface area (Å²) in [5.74, 6) is 0.843. The van der Waals surface area contributed by atoms with Crippen molar-refractivity contribution in [1.29, 1.82) is 0 Å². The van der Waals surface area contributed by atoms with Crippen LogP contribution in [0.3, 0.4) is 0 Å². The summed E-state index contributed by atoms with van der Waals surface area (Å²) in [7, 11) is 2.01. The Labute approximate surface area is 103 Å². The summed E-state index contributed by atoms with van der Waals surface area (Å²) in [6, 6.07) is 2.01. The number of likely N-dealkylation sites (tertiary alicyclic amines) is 1. The lowest BCUT2D eigenvalue weighted by Gasteiger charge is -2.31. The van der Waals surface area contributed by atoms with Gasteiger partial charge in [-0.1, -0.05) is 6.92 Å². The highest BCUT2D eigenvalue weighted by molar-refractivity contribution is 5.95. The monoisotopic (exact) mass is 234 g/mol. The Morgan fingerprint density at radius 1 is 1.41 bits per heavy atom. The van der Waals surface area contributed by atoms with Gasteiger partial charge in [-0.2, -0.15) is 0 Å². The molecule has 0 spiro atoms. The normalized spacial score (nSPS) is 20.7. The lowest BCUT2D eigenvalue weighted by Crippen LogP contribution is -2.39. The van der Waals surface area contributed by atoms with Crippen LogP contribution in [-0.2, 0) is 7.05 Å². The second kappa shape index (κ2) is 4.55. The van der Waals surface area contributed by atoms with E-state index in [4.69, 9.17) is 0 Å². The number of amides is 1. The van der Waals surface area contributed by atoms with E-state index in [-0.39, 0.29) is 5.91 Å². The summed E-state index contributed by atoms with van der Waals surface area (Å²) in [5.41, 5.74) is 3.10. The molecule has 1 atom stereocenters. The second-order valence-corrected chi connectivity index (χ2v) is 5.34. The van der Waals surface area contributed by atoms with E-state index >= 15 is 0 Å². The number of rotatable bonds is 1. The van der Waals surface area contributed by atoms with Gasteiger partial charge in [0.1, 0.15) is 0 Å². The standard InChI is InChI=1S/C14H22N2O/c1-10-6-5-7-16(9-10)14(17)13-8-11(2)15(4)12(13)3/h8,10H,5-7,9H2,1-4H3. The number of carbonyl (C=O) groups excluding carboxylic acids is 1. The first-order valence-corrected chi connectivity index (χ1v) is 6.43. The molecular formula is C14H22N2O. The minimum absolute atomic E-state index is 0.206. The number of nitrogens with zero attached hydrogens (tertiary/aromatic N) is 2. The van der Waals surface area contributed by atoms with Crippen LogP contribution in [-0.4, -0.2) is 28.5 Å². The fraction of sp³-hybridized carbons (Fsp3) is 0.643. The second-order valence-electron chi connectivity index (χ2n) is 5.34. The lowest BCUT2D eigenvalue weighted by molar-refractivity contribution is 0.0682. The fourth-order valence-corrected chi connectivity index (χ4v) is 2.62. The van der Waals surface area contributed by atoms with E-state index < -0.39 is 0 Å². The van der Waals surface area contributed by atoms with Crippen molar-refractivity contribution in [3.8, 4) is 0 Å². The van der Waals surface area contributed by atoms with Crippen molar-refractivity contribution in [2.75, 3.05) is 13.1 Å². The number of hydrogen-bond donors (Lipinski definition) is 0. The molecule has 1 fully saturated rings. The number of aryl methyl sites for hydroxylation is 1. The molecular weight excluding hydrogens is 212 g/mol. The topological polar surface area (TPSA) is 25.2 Å². The summed E-state index contributed by atoms with van der Waals surface area (Å²) in [6.07, 6.45) is 2.38. The molecule has 3 heteroatoms. The minimum atomic E-state index is 0.206. The fourth-order valence-electron chi connectivity index (χ4n) is 2.62. The highest BCUT2D eigenvalue weighted by Crippen LogP contribution is 2.20. The van der Waals surface area contributed by atoms with Gasteiger partial charge in [-0.25, -0.2) is 0 Å². The van der Waals surface area contributed by atoms with Crippen LogP contribution in [0.4, 0.5) is 0 Å². The number of hydrogen-bond acceptors (Lipinski definition) is 1. The minimum Gasteiger partial charge on any atom is -0.351 e. The molecule has 1 aliphatic heterocycles. The van der Waals surface area contributed by atoms with Gasteiger partial charge in [-0.05, 0) is 38.7 Å². The van der Waals surface area contributed by atoms with Gasteiger partial charge in [0, 0.05) is 31.5 Å². The van der Waals surface area contributed by atoms with Crippen LogP contribution in [0.15, 0.2) is 6.07 Å². The average molecular weight is 234 g/mol. The Bertz CT molecular complexity index is 434. The Hall–Kier alpha value is -1.25. The predicted octanol–water partition coefficient (Wildman–Crippen LogP) is 2.51. The van der Waals surface area contributed by atoms with E-state index in [1.165, 1.54) is 6.42 Å². The van der Waals surface area contributed by atoms with Crippen molar-refractivity contribution in [1.82, 2.24) is 9.47 Å². The highest BCUT2D eigenvalue weighted by Gasteiger charge is 2.24. The van der Waals surface area contributed by atoms with Crippen molar-refractivity contribution in [2.45, 2.75) is 33.6 Å². The summed E-state index contributed by atoms with van der Waals surface area (Å²) in [6.45, 7) is 8.11. The zero-order chi connectivity index (χ0) is 12.6. The molecule has 0 saturated carbocycles. The molecule has 1 aliphatic rings. The van der Waals surface area contributed by atoms with Crippen LogP contribution in [0.5, 0.6) is 0 Å². The molecule has 0 aromatic carbocycles. The third-order valence-corrected chi connectivity index (χ3v) is 3.95. The van der Waals surface area contributed by atoms with Crippen molar-refractivity contribution < 1.29 is 4.79 Å². The maximum absolute atomic E-state index is 12.4. The molecule has 1 unspecified atom stereocenters. The summed E-state index contributed by atoms with van der Waals surface area (Å²) >= 11 is 0. The molecule has 0 N–H and O–H groups in total. The maximum atomic E-state index is 12.4.